The van der Waals surface area contributed by atoms with Crippen molar-refractivity contribution in [2.75, 3.05) is 0 Å². The maximum absolute atomic E-state index is 9.45. The molecule has 0 aliphatic carbocycles. The van der Waals surface area contributed by atoms with Crippen LogP contribution in [0.25, 0.3) is 0 Å². The number of benzene rings is 1. The molecule has 0 saturated carbocycles. The van der Waals surface area contributed by atoms with Crippen molar-refractivity contribution in [3.8, 4) is 5.75 Å². The van der Waals surface area contributed by atoms with Crippen molar-refractivity contribution in [1.29, 1.82) is 0 Å². The van der Waals surface area contributed by atoms with Gasteiger partial charge in [0.05, 0.1) is 0 Å². The molecule has 0 aromatic heterocycles. The fraction of sp³-hybridized carbons (Fsp3) is 0.680. The minimum atomic E-state index is 0.392. The van der Waals surface area contributed by atoms with E-state index in [0.717, 1.165) is 6.42 Å². The Balaban J connectivity index is 1.78. The first-order valence-corrected chi connectivity index (χ1v) is 11.3. The summed E-state index contributed by atoms with van der Waals surface area (Å²) in [6.45, 7) is 2.28. The van der Waals surface area contributed by atoms with Crippen molar-refractivity contribution in [3.05, 3.63) is 42.0 Å². The smallest absolute Gasteiger partial charge is 0.115 e. The second kappa shape index (κ2) is 17.2. The van der Waals surface area contributed by atoms with E-state index in [-0.39, 0.29) is 0 Å². The molecular formula is C25H42O. The van der Waals surface area contributed by atoms with Crippen molar-refractivity contribution in [1.82, 2.24) is 0 Å². The molecule has 26 heavy (non-hydrogen) atoms. The van der Waals surface area contributed by atoms with Gasteiger partial charge in [-0.1, -0.05) is 95.4 Å². The lowest BCUT2D eigenvalue weighted by atomic mass is 10.0. The number of phenols is 1. The van der Waals surface area contributed by atoms with Gasteiger partial charge in [-0.2, -0.15) is 0 Å². The highest BCUT2D eigenvalue weighted by atomic mass is 16.3. The number of aromatic hydroxyl groups is 1. The van der Waals surface area contributed by atoms with Crippen LogP contribution in [0.4, 0.5) is 0 Å². The van der Waals surface area contributed by atoms with Crippen molar-refractivity contribution in [3.63, 3.8) is 0 Å². The van der Waals surface area contributed by atoms with Crippen LogP contribution in [0.3, 0.4) is 0 Å². The molecule has 1 aromatic rings. The van der Waals surface area contributed by atoms with E-state index in [2.05, 4.69) is 25.1 Å². The molecule has 0 radical (unpaired) electrons. The monoisotopic (exact) mass is 358 g/mol. The standard InChI is InChI=1S/C25H42O/c1-2-3-4-5-6-7-8-9-10-11-12-13-14-15-16-17-18-20-24-21-19-22-25(26)23-24/h9-10,19,21-23,26H,2-8,11-18,20H2,1H3/b10-9+. The Hall–Kier alpha value is -1.24. The first-order valence-electron chi connectivity index (χ1n) is 11.3. The van der Waals surface area contributed by atoms with E-state index in [1.165, 1.54) is 102 Å². The van der Waals surface area contributed by atoms with Gasteiger partial charge in [-0.05, 0) is 56.2 Å². The molecule has 148 valence electrons. The molecule has 0 saturated heterocycles. The fourth-order valence-electron chi connectivity index (χ4n) is 3.47. The number of hydrogen-bond donors (Lipinski definition) is 1. The van der Waals surface area contributed by atoms with E-state index in [1.54, 1.807) is 6.07 Å². The number of rotatable bonds is 17. The summed E-state index contributed by atoms with van der Waals surface area (Å²) in [4.78, 5) is 0. The number of unbranched alkanes of at least 4 members (excludes halogenated alkanes) is 13. The summed E-state index contributed by atoms with van der Waals surface area (Å²) >= 11 is 0. The predicted molar refractivity (Wildman–Crippen MR) is 116 cm³/mol. The van der Waals surface area contributed by atoms with E-state index < -0.39 is 0 Å². The number of hydrogen-bond acceptors (Lipinski definition) is 1. The SMILES string of the molecule is CCCCCCCC/C=C/CCCCCCCCCc1cccc(O)c1. The van der Waals surface area contributed by atoms with Crippen LogP contribution in [-0.2, 0) is 6.42 Å². The van der Waals surface area contributed by atoms with Gasteiger partial charge in [-0.3, -0.25) is 0 Å². The Morgan fingerprint density at radius 3 is 1.81 bits per heavy atom. The molecule has 1 rings (SSSR count). The molecule has 0 aliphatic heterocycles. The summed E-state index contributed by atoms with van der Waals surface area (Å²) in [5.41, 5.74) is 1.26. The third kappa shape index (κ3) is 14.0. The van der Waals surface area contributed by atoms with E-state index >= 15 is 0 Å². The highest BCUT2D eigenvalue weighted by Gasteiger charge is 1.96. The second-order valence-corrected chi connectivity index (χ2v) is 7.71. The van der Waals surface area contributed by atoms with Crippen LogP contribution in [0, 0.1) is 0 Å². The van der Waals surface area contributed by atoms with E-state index in [4.69, 9.17) is 0 Å². The van der Waals surface area contributed by atoms with Gasteiger partial charge in [0.25, 0.3) is 0 Å². The summed E-state index contributed by atoms with van der Waals surface area (Å²) in [6, 6.07) is 7.68. The lowest BCUT2D eigenvalue weighted by Crippen LogP contribution is -1.86. The molecule has 0 bridgehead atoms. The van der Waals surface area contributed by atoms with Crippen LogP contribution < -0.4 is 0 Å². The predicted octanol–water partition coefficient (Wildman–Crippen LogP) is 8.36. The van der Waals surface area contributed by atoms with Gasteiger partial charge < -0.3 is 5.11 Å². The minimum absolute atomic E-state index is 0.392. The van der Waals surface area contributed by atoms with Gasteiger partial charge in [0.2, 0.25) is 0 Å². The zero-order chi connectivity index (χ0) is 18.7. The van der Waals surface area contributed by atoms with Crippen LogP contribution in [0.2, 0.25) is 0 Å². The van der Waals surface area contributed by atoms with Gasteiger partial charge in [0.1, 0.15) is 5.75 Å². The van der Waals surface area contributed by atoms with Crippen LogP contribution in [-0.4, -0.2) is 5.11 Å². The topological polar surface area (TPSA) is 20.2 Å². The second-order valence-electron chi connectivity index (χ2n) is 7.71. The zero-order valence-corrected chi connectivity index (χ0v) is 17.2. The molecular weight excluding hydrogens is 316 g/mol. The molecule has 0 spiro atoms. The summed E-state index contributed by atoms with van der Waals surface area (Å²) in [5, 5.41) is 9.45. The molecule has 0 aliphatic rings. The van der Waals surface area contributed by atoms with Gasteiger partial charge >= 0.3 is 0 Å². The minimum Gasteiger partial charge on any atom is -0.508 e. The highest BCUT2D eigenvalue weighted by molar-refractivity contribution is 5.27. The first-order chi connectivity index (χ1) is 12.8. The van der Waals surface area contributed by atoms with Crippen LogP contribution >= 0.6 is 0 Å². The summed E-state index contributed by atoms with van der Waals surface area (Å²) in [7, 11) is 0. The lowest BCUT2D eigenvalue weighted by molar-refractivity contribution is 0.474. The largest absolute Gasteiger partial charge is 0.508 e. The quantitative estimate of drug-likeness (QED) is 0.219. The number of aryl methyl sites for hydroxylation is 1. The average Bonchev–Trinajstić information content (AvgIpc) is 2.64. The zero-order valence-electron chi connectivity index (χ0n) is 17.2. The van der Waals surface area contributed by atoms with Gasteiger partial charge in [-0.15, -0.1) is 0 Å². The number of allylic oxidation sites excluding steroid dienone is 2. The van der Waals surface area contributed by atoms with Crippen LogP contribution in [0.1, 0.15) is 109 Å². The van der Waals surface area contributed by atoms with Crippen molar-refractivity contribution in [2.24, 2.45) is 0 Å². The van der Waals surface area contributed by atoms with Gasteiger partial charge in [0.15, 0.2) is 0 Å². The molecule has 0 atom stereocenters. The van der Waals surface area contributed by atoms with E-state index in [0.29, 0.717) is 5.75 Å². The summed E-state index contributed by atoms with van der Waals surface area (Å²) in [5.74, 6) is 0.392. The van der Waals surface area contributed by atoms with Crippen molar-refractivity contribution in [2.45, 2.75) is 110 Å². The molecule has 0 unspecified atom stereocenters. The van der Waals surface area contributed by atoms with E-state index in [9.17, 15) is 5.11 Å². The highest BCUT2D eigenvalue weighted by Crippen LogP contribution is 2.15. The summed E-state index contributed by atoms with van der Waals surface area (Å²) < 4.78 is 0. The number of phenolic OH excluding ortho intramolecular Hbond substituents is 1. The van der Waals surface area contributed by atoms with Crippen LogP contribution in [0.15, 0.2) is 36.4 Å². The molecule has 0 fully saturated rings. The Morgan fingerprint density at radius 1 is 0.692 bits per heavy atom. The van der Waals surface area contributed by atoms with Crippen molar-refractivity contribution >= 4 is 0 Å². The molecule has 1 heteroatoms. The van der Waals surface area contributed by atoms with Gasteiger partial charge in [-0.25, -0.2) is 0 Å². The van der Waals surface area contributed by atoms with E-state index in [1.807, 2.05) is 12.1 Å². The molecule has 0 heterocycles. The Labute approximate surface area is 162 Å². The normalized spacial score (nSPS) is 11.4. The summed E-state index contributed by atoms with van der Waals surface area (Å²) in [6.07, 6.45) is 26.3. The van der Waals surface area contributed by atoms with Gasteiger partial charge in [0, 0.05) is 0 Å². The molecule has 0 amide bonds. The van der Waals surface area contributed by atoms with Crippen LogP contribution in [0.5, 0.6) is 5.75 Å². The average molecular weight is 359 g/mol. The molecule has 1 N–H and O–H groups in total. The Morgan fingerprint density at radius 2 is 1.23 bits per heavy atom. The molecule has 1 aromatic carbocycles. The third-order valence-corrected chi connectivity index (χ3v) is 5.14. The Bertz CT molecular complexity index is 449. The maximum Gasteiger partial charge on any atom is 0.115 e. The maximum atomic E-state index is 9.45. The first kappa shape index (κ1) is 22.8. The fourth-order valence-corrected chi connectivity index (χ4v) is 3.47. The lowest BCUT2D eigenvalue weighted by Gasteiger charge is -2.03. The molecule has 1 nitrogen and oxygen atoms in total. The Kier molecular flexibility index (Phi) is 15.1. The third-order valence-electron chi connectivity index (χ3n) is 5.14. The van der Waals surface area contributed by atoms with Crippen molar-refractivity contribution < 1.29 is 5.11 Å².